The molecule has 3 rings (SSSR count). The number of amidine groups is 1. The summed E-state index contributed by atoms with van der Waals surface area (Å²) in [6.45, 7) is 4.81. The minimum Gasteiger partial charge on any atom is -0.433 e. The van der Waals surface area contributed by atoms with Crippen molar-refractivity contribution in [3.8, 4) is 11.3 Å². The number of nitrogen functional groups attached to an aromatic ring is 1. The Bertz CT molecular complexity index is 1520. The molecule has 1 heterocycles. The highest BCUT2D eigenvalue weighted by Gasteiger charge is 2.31. The minimum absolute atomic E-state index is 0.0218. The van der Waals surface area contributed by atoms with Gasteiger partial charge < -0.3 is 26.8 Å². The van der Waals surface area contributed by atoms with Crippen LogP contribution in [0.25, 0.3) is 11.3 Å². The molecule has 0 saturated heterocycles. The highest BCUT2D eigenvalue weighted by molar-refractivity contribution is 5.97. The van der Waals surface area contributed by atoms with E-state index in [1.165, 1.54) is 12.3 Å². The van der Waals surface area contributed by atoms with E-state index in [4.69, 9.17) is 11.5 Å². The van der Waals surface area contributed by atoms with Crippen molar-refractivity contribution in [3.05, 3.63) is 75.7 Å². The highest BCUT2D eigenvalue weighted by Crippen LogP contribution is 2.34. The van der Waals surface area contributed by atoms with Gasteiger partial charge in [-0.05, 0) is 44.5 Å². The van der Waals surface area contributed by atoms with Gasteiger partial charge >= 0.3 is 12.3 Å². The van der Waals surface area contributed by atoms with Crippen LogP contribution in [-0.4, -0.2) is 40.1 Å². The van der Waals surface area contributed by atoms with E-state index in [-0.39, 0.29) is 47.8 Å². The zero-order valence-electron chi connectivity index (χ0n) is 23.0. The third kappa shape index (κ3) is 8.46. The van der Waals surface area contributed by atoms with Gasteiger partial charge in [-0.2, -0.15) is 13.2 Å². The number of hydrogen-bond donors (Lipinski definition) is 4. The molecule has 0 radical (unpaired) electrons. The number of hydrogen-bond acceptors (Lipinski definition) is 9. The molecule has 0 aliphatic rings. The van der Waals surface area contributed by atoms with Crippen molar-refractivity contribution in [2.24, 2.45) is 10.9 Å². The van der Waals surface area contributed by atoms with Crippen LogP contribution in [0.4, 0.5) is 29.5 Å². The zero-order valence-corrected chi connectivity index (χ0v) is 23.0. The number of carbonyl (C=O) groups is 2. The Labute approximate surface area is 238 Å². The summed E-state index contributed by atoms with van der Waals surface area (Å²) in [6, 6.07) is 9.16. The molecular weight excluding hydrogens is 559 g/mol. The summed E-state index contributed by atoms with van der Waals surface area (Å²) >= 11 is 0. The van der Waals surface area contributed by atoms with Crippen molar-refractivity contribution in [1.82, 2.24) is 14.9 Å². The standard InChI is InChI=1S/C27H30F3N7O5/c1-4-41-26(40)42-36-23(32)17-7-5-16(6-8-17)12-33-22(38)14-37-21(13-34-24(25(37)39)35-15(2)3)18-9-19(27(28,29)30)11-20(31)10-18/h5-11,13,15H,4,12,14,31H2,1-3H3,(H2,32,36)(H,33,38)(H,34,35). The van der Waals surface area contributed by atoms with E-state index < -0.39 is 35.9 Å². The average molecular weight is 590 g/mol. The van der Waals surface area contributed by atoms with Gasteiger partial charge in [0.25, 0.3) is 5.56 Å². The lowest BCUT2D eigenvalue weighted by atomic mass is 10.1. The largest absolute Gasteiger partial charge is 0.535 e. The van der Waals surface area contributed by atoms with Gasteiger partial charge in [0.05, 0.1) is 24.1 Å². The van der Waals surface area contributed by atoms with E-state index in [2.05, 4.69) is 30.3 Å². The van der Waals surface area contributed by atoms with Crippen molar-refractivity contribution in [3.63, 3.8) is 0 Å². The topological polar surface area (TPSA) is 176 Å². The highest BCUT2D eigenvalue weighted by atomic mass is 19.4. The van der Waals surface area contributed by atoms with Gasteiger partial charge in [-0.3, -0.25) is 19.0 Å². The van der Waals surface area contributed by atoms with Crippen molar-refractivity contribution in [2.45, 2.75) is 46.1 Å². The molecule has 0 spiro atoms. The van der Waals surface area contributed by atoms with Gasteiger partial charge in [0.2, 0.25) is 5.91 Å². The van der Waals surface area contributed by atoms with Gasteiger partial charge in [-0.15, -0.1) is 0 Å². The van der Waals surface area contributed by atoms with E-state index >= 15 is 0 Å². The first-order valence-corrected chi connectivity index (χ1v) is 12.7. The Kier molecular flexibility index (Phi) is 10.1. The second-order valence-corrected chi connectivity index (χ2v) is 9.25. The summed E-state index contributed by atoms with van der Waals surface area (Å²) in [5, 5.41) is 9.03. The summed E-state index contributed by atoms with van der Waals surface area (Å²) in [5.41, 5.74) is 10.7. The van der Waals surface area contributed by atoms with Crippen LogP contribution in [0.15, 0.2) is 58.6 Å². The molecule has 12 nitrogen and oxygen atoms in total. The number of oxime groups is 1. The number of anilines is 2. The number of rotatable bonds is 10. The van der Waals surface area contributed by atoms with Crippen LogP contribution in [0.3, 0.4) is 0 Å². The molecule has 0 fully saturated rings. The number of halogens is 3. The van der Waals surface area contributed by atoms with Crippen LogP contribution >= 0.6 is 0 Å². The maximum Gasteiger partial charge on any atom is 0.535 e. The van der Waals surface area contributed by atoms with Gasteiger partial charge in [-0.25, -0.2) is 9.78 Å². The van der Waals surface area contributed by atoms with Crippen molar-refractivity contribution < 1.29 is 32.3 Å². The third-order valence-corrected chi connectivity index (χ3v) is 5.58. The number of carbonyl (C=O) groups excluding carboxylic acids is 2. The quantitative estimate of drug-likeness (QED) is 0.0689. The Morgan fingerprint density at radius 3 is 2.45 bits per heavy atom. The smallest absolute Gasteiger partial charge is 0.433 e. The second-order valence-electron chi connectivity index (χ2n) is 9.25. The Balaban J connectivity index is 1.81. The molecule has 0 saturated carbocycles. The molecule has 15 heteroatoms. The van der Waals surface area contributed by atoms with E-state index in [1.54, 1.807) is 45.0 Å². The fraction of sp³-hybridized carbons (Fsp3) is 0.296. The first-order valence-electron chi connectivity index (χ1n) is 12.7. The Hall–Kier alpha value is -5.08. The van der Waals surface area contributed by atoms with Crippen molar-refractivity contribution >= 4 is 29.4 Å². The van der Waals surface area contributed by atoms with Crippen LogP contribution in [0.2, 0.25) is 0 Å². The molecule has 0 unspecified atom stereocenters. The minimum atomic E-state index is -4.68. The van der Waals surface area contributed by atoms with Crippen LogP contribution in [0, 0.1) is 0 Å². The SMILES string of the molecule is CCOC(=O)ON=C(N)c1ccc(CNC(=O)Cn2c(-c3cc(N)cc(C(F)(F)F)c3)cnc(NC(C)C)c2=O)cc1. The Morgan fingerprint density at radius 1 is 1.14 bits per heavy atom. The molecule has 3 aromatic rings. The van der Waals surface area contributed by atoms with Crippen LogP contribution in [-0.2, 0) is 33.6 Å². The summed E-state index contributed by atoms with van der Waals surface area (Å²) in [7, 11) is 0. The number of amides is 1. The summed E-state index contributed by atoms with van der Waals surface area (Å²) in [6.07, 6.45) is -4.47. The predicted molar refractivity (Wildman–Crippen MR) is 149 cm³/mol. The summed E-state index contributed by atoms with van der Waals surface area (Å²) in [5.74, 6) is -0.736. The van der Waals surface area contributed by atoms with Crippen molar-refractivity contribution in [1.29, 1.82) is 0 Å². The van der Waals surface area contributed by atoms with Gasteiger partial charge in [0, 0.05) is 29.4 Å². The lowest BCUT2D eigenvalue weighted by Gasteiger charge is -2.17. The van der Waals surface area contributed by atoms with Gasteiger partial charge in [0.1, 0.15) is 6.54 Å². The van der Waals surface area contributed by atoms with E-state index in [0.717, 1.165) is 16.7 Å². The maximum atomic E-state index is 13.4. The lowest BCUT2D eigenvalue weighted by Crippen LogP contribution is -2.35. The number of nitrogens with zero attached hydrogens (tertiary/aromatic N) is 3. The number of alkyl halides is 3. The molecule has 0 atom stereocenters. The van der Waals surface area contributed by atoms with Crippen molar-refractivity contribution in [2.75, 3.05) is 17.7 Å². The number of nitrogens with one attached hydrogen (secondary N) is 2. The Morgan fingerprint density at radius 2 is 1.83 bits per heavy atom. The number of benzene rings is 2. The molecule has 0 aliphatic carbocycles. The number of aromatic nitrogens is 2. The van der Waals surface area contributed by atoms with Crippen LogP contribution in [0.5, 0.6) is 0 Å². The number of ether oxygens (including phenoxy) is 1. The molecular formula is C27H30F3N7O5. The fourth-order valence-electron chi connectivity index (χ4n) is 3.69. The van der Waals surface area contributed by atoms with Gasteiger partial charge in [0.15, 0.2) is 11.7 Å². The second kappa shape index (κ2) is 13.5. The van der Waals surface area contributed by atoms with E-state index in [1.807, 2.05) is 0 Å². The molecule has 42 heavy (non-hydrogen) atoms. The molecule has 1 aromatic heterocycles. The van der Waals surface area contributed by atoms with Crippen LogP contribution in [0.1, 0.15) is 37.5 Å². The normalized spacial score (nSPS) is 11.7. The molecule has 6 N–H and O–H groups in total. The lowest BCUT2D eigenvalue weighted by molar-refractivity contribution is -0.137. The third-order valence-electron chi connectivity index (χ3n) is 5.58. The number of nitrogens with two attached hydrogens (primary N) is 2. The average Bonchev–Trinajstić information content (AvgIpc) is 2.92. The molecule has 2 aromatic carbocycles. The zero-order chi connectivity index (χ0) is 31.0. The molecule has 224 valence electrons. The predicted octanol–water partition coefficient (Wildman–Crippen LogP) is 3.44. The summed E-state index contributed by atoms with van der Waals surface area (Å²) in [4.78, 5) is 46.0. The fourth-order valence-corrected chi connectivity index (χ4v) is 3.69. The maximum absolute atomic E-state index is 13.4. The monoisotopic (exact) mass is 589 g/mol. The van der Waals surface area contributed by atoms with Gasteiger partial charge in [-0.1, -0.05) is 29.4 Å². The molecule has 0 bridgehead atoms. The first-order chi connectivity index (χ1) is 19.8. The van der Waals surface area contributed by atoms with Crippen LogP contribution < -0.4 is 27.7 Å². The summed E-state index contributed by atoms with van der Waals surface area (Å²) < 4.78 is 45.9. The molecule has 1 amide bonds. The van der Waals surface area contributed by atoms with E-state index in [9.17, 15) is 27.6 Å². The molecule has 0 aliphatic heterocycles. The first kappa shape index (κ1) is 31.4. The van der Waals surface area contributed by atoms with E-state index in [0.29, 0.717) is 11.1 Å².